The van der Waals surface area contributed by atoms with Gasteiger partial charge < -0.3 is 10.5 Å². The number of para-hydroxylation sites is 1. The van der Waals surface area contributed by atoms with Crippen molar-refractivity contribution in [3.63, 3.8) is 0 Å². The number of benzene rings is 2. The smallest absolute Gasteiger partial charge is 0.127 e. The Kier molecular flexibility index (Phi) is 3.22. The summed E-state index contributed by atoms with van der Waals surface area (Å²) in [6, 6.07) is 12.1. The predicted molar refractivity (Wildman–Crippen MR) is 72.7 cm³/mol. The first-order valence-electron chi connectivity index (χ1n) is 6.51. The monoisotopic (exact) mass is 257 g/mol. The summed E-state index contributed by atoms with van der Waals surface area (Å²) in [6.07, 6.45) is 2.07. The summed E-state index contributed by atoms with van der Waals surface area (Å²) < 4.78 is 18.7. The van der Waals surface area contributed by atoms with Gasteiger partial charge in [0.05, 0.1) is 12.6 Å². The Morgan fingerprint density at radius 2 is 1.89 bits per heavy atom. The zero-order valence-electron chi connectivity index (χ0n) is 10.6. The third-order valence-corrected chi connectivity index (χ3v) is 3.53. The molecule has 1 unspecified atom stereocenters. The van der Waals surface area contributed by atoms with Crippen LogP contribution < -0.4 is 10.5 Å². The standard InChI is InChI=1S/C16H16FNO/c17-13-8-6-11(7-9-13)15(18)14-5-1-3-12-4-2-10-19-16(12)14/h1,3,5-9,15H,2,4,10,18H2. The molecule has 0 spiro atoms. The summed E-state index contributed by atoms with van der Waals surface area (Å²) in [4.78, 5) is 0. The van der Waals surface area contributed by atoms with Gasteiger partial charge in [-0.1, -0.05) is 30.3 Å². The molecule has 98 valence electrons. The molecule has 0 aromatic heterocycles. The molecule has 2 nitrogen and oxygen atoms in total. The van der Waals surface area contributed by atoms with Gasteiger partial charge in [0.15, 0.2) is 0 Å². The van der Waals surface area contributed by atoms with Gasteiger partial charge >= 0.3 is 0 Å². The molecular weight excluding hydrogens is 241 g/mol. The van der Waals surface area contributed by atoms with Crippen molar-refractivity contribution in [2.75, 3.05) is 6.61 Å². The van der Waals surface area contributed by atoms with E-state index in [9.17, 15) is 4.39 Å². The zero-order chi connectivity index (χ0) is 13.2. The summed E-state index contributed by atoms with van der Waals surface area (Å²) in [5.74, 6) is 0.660. The second-order valence-corrected chi connectivity index (χ2v) is 4.82. The molecule has 0 aliphatic carbocycles. The van der Waals surface area contributed by atoms with Gasteiger partial charge in [0.25, 0.3) is 0 Å². The largest absolute Gasteiger partial charge is 0.493 e. The maximum atomic E-state index is 13.0. The highest BCUT2D eigenvalue weighted by Crippen LogP contribution is 2.34. The molecule has 1 aliphatic heterocycles. The molecule has 0 saturated carbocycles. The summed E-state index contributed by atoms with van der Waals surface area (Å²) >= 11 is 0. The molecule has 2 aromatic carbocycles. The van der Waals surface area contributed by atoms with E-state index in [0.717, 1.165) is 36.3 Å². The van der Waals surface area contributed by atoms with Crippen molar-refractivity contribution in [2.45, 2.75) is 18.9 Å². The SMILES string of the molecule is NC(c1ccc(F)cc1)c1cccc2c1OCCC2. The summed E-state index contributed by atoms with van der Waals surface area (Å²) in [5, 5.41) is 0. The van der Waals surface area contributed by atoms with Crippen molar-refractivity contribution in [3.8, 4) is 5.75 Å². The summed E-state index contributed by atoms with van der Waals surface area (Å²) in [5.41, 5.74) is 9.37. The Balaban J connectivity index is 1.99. The van der Waals surface area contributed by atoms with Gasteiger partial charge in [0.2, 0.25) is 0 Å². The van der Waals surface area contributed by atoms with E-state index in [-0.39, 0.29) is 11.9 Å². The minimum atomic E-state index is -0.284. The fourth-order valence-electron chi connectivity index (χ4n) is 2.51. The van der Waals surface area contributed by atoms with E-state index in [4.69, 9.17) is 10.5 Å². The van der Waals surface area contributed by atoms with E-state index in [0.29, 0.717) is 0 Å². The number of aryl methyl sites for hydroxylation is 1. The molecule has 0 bridgehead atoms. The van der Waals surface area contributed by atoms with Crippen molar-refractivity contribution in [2.24, 2.45) is 5.73 Å². The third kappa shape index (κ3) is 2.34. The van der Waals surface area contributed by atoms with Crippen molar-refractivity contribution in [1.29, 1.82) is 0 Å². The lowest BCUT2D eigenvalue weighted by Gasteiger charge is -2.23. The van der Waals surface area contributed by atoms with Crippen LogP contribution in [0.5, 0.6) is 5.75 Å². The van der Waals surface area contributed by atoms with E-state index in [1.165, 1.54) is 17.7 Å². The number of hydrogen-bond acceptors (Lipinski definition) is 2. The van der Waals surface area contributed by atoms with Gasteiger partial charge in [0.1, 0.15) is 11.6 Å². The molecule has 0 saturated heterocycles. The Hall–Kier alpha value is -1.87. The number of nitrogens with two attached hydrogens (primary N) is 1. The number of fused-ring (bicyclic) bond motifs is 1. The molecule has 0 radical (unpaired) electrons. The Labute approximate surface area is 112 Å². The minimum absolute atomic E-state index is 0.248. The van der Waals surface area contributed by atoms with Crippen LogP contribution in [0.1, 0.15) is 29.2 Å². The molecular formula is C16H16FNO. The average Bonchev–Trinajstić information content (AvgIpc) is 2.47. The number of hydrogen-bond donors (Lipinski definition) is 1. The van der Waals surface area contributed by atoms with Crippen LogP contribution in [-0.2, 0) is 6.42 Å². The average molecular weight is 257 g/mol. The maximum absolute atomic E-state index is 13.0. The van der Waals surface area contributed by atoms with Crippen molar-refractivity contribution in [3.05, 3.63) is 65.0 Å². The Bertz CT molecular complexity index is 580. The lowest BCUT2D eigenvalue weighted by atomic mass is 9.94. The second-order valence-electron chi connectivity index (χ2n) is 4.82. The zero-order valence-corrected chi connectivity index (χ0v) is 10.6. The highest BCUT2D eigenvalue weighted by molar-refractivity contribution is 5.47. The number of halogens is 1. The van der Waals surface area contributed by atoms with Gasteiger partial charge in [-0.2, -0.15) is 0 Å². The van der Waals surface area contributed by atoms with E-state index < -0.39 is 0 Å². The van der Waals surface area contributed by atoms with Gasteiger partial charge in [-0.15, -0.1) is 0 Å². The molecule has 2 aromatic rings. The molecule has 3 heteroatoms. The van der Waals surface area contributed by atoms with Crippen LogP contribution in [0.3, 0.4) is 0 Å². The maximum Gasteiger partial charge on any atom is 0.127 e. The van der Waals surface area contributed by atoms with Crippen LogP contribution in [0.25, 0.3) is 0 Å². The van der Waals surface area contributed by atoms with Crippen LogP contribution >= 0.6 is 0 Å². The molecule has 0 fully saturated rings. The molecule has 0 amide bonds. The third-order valence-electron chi connectivity index (χ3n) is 3.53. The van der Waals surface area contributed by atoms with Crippen LogP contribution in [0.4, 0.5) is 4.39 Å². The van der Waals surface area contributed by atoms with Crippen molar-refractivity contribution < 1.29 is 9.13 Å². The van der Waals surface area contributed by atoms with Crippen LogP contribution in [0.15, 0.2) is 42.5 Å². The van der Waals surface area contributed by atoms with Crippen LogP contribution in [0.2, 0.25) is 0 Å². The first-order valence-corrected chi connectivity index (χ1v) is 6.51. The van der Waals surface area contributed by atoms with Gasteiger partial charge in [0, 0.05) is 5.56 Å². The molecule has 1 heterocycles. The molecule has 19 heavy (non-hydrogen) atoms. The van der Waals surface area contributed by atoms with Gasteiger partial charge in [-0.05, 0) is 36.1 Å². The number of rotatable bonds is 2. The normalized spacial score (nSPS) is 15.5. The molecule has 3 rings (SSSR count). The quantitative estimate of drug-likeness (QED) is 0.896. The first kappa shape index (κ1) is 12.2. The van der Waals surface area contributed by atoms with Crippen LogP contribution in [-0.4, -0.2) is 6.61 Å². The van der Waals surface area contributed by atoms with Gasteiger partial charge in [-0.3, -0.25) is 0 Å². The predicted octanol–water partition coefficient (Wildman–Crippen LogP) is 3.20. The lowest BCUT2D eigenvalue weighted by Crippen LogP contribution is -2.17. The highest BCUT2D eigenvalue weighted by Gasteiger charge is 2.19. The van der Waals surface area contributed by atoms with E-state index >= 15 is 0 Å². The minimum Gasteiger partial charge on any atom is -0.493 e. The topological polar surface area (TPSA) is 35.2 Å². The van der Waals surface area contributed by atoms with Crippen molar-refractivity contribution in [1.82, 2.24) is 0 Å². The fraction of sp³-hybridized carbons (Fsp3) is 0.250. The Morgan fingerprint density at radius 1 is 1.11 bits per heavy atom. The molecule has 1 atom stereocenters. The van der Waals surface area contributed by atoms with Crippen LogP contribution in [0, 0.1) is 5.82 Å². The Morgan fingerprint density at radius 3 is 2.68 bits per heavy atom. The second kappa shape index (κ2) is 5.02. The van der Waals surface area contributed by atoms with E-state index in [1.54, 1.807) is 12.1 Å². The molecule has 2 N–H and O–H groups in total. The van der Waals surface area contributed by atoms with Gasteiger partial charge in [-0.25, -0.2) is 4.39 Å². The van der Waals surface area contributed by atoms with Crippen molar-refractivity contribution >= 4 is 0 Å². The lowest BCUT2D eigenvalue weighted by molar-refractivity contribution is 0.284. The first-order chi connectivity index (χ1) is 9.25. The summed E-state index contributed by atoms with van der Waals surface area (Å²) in [6.45, 7) is 0.736. The fourth-order valence-corrected chi connectivity index (χ4v) is 2.51. The van der Waals surface area contributed by atoms with E-state index in [1.807, 2.05) is 12.1 Å². The highest BCUT2D eigenvalue weighted by atomic mass is 19.1. The molecule has 1 aliphatic rings. The summed E-state index contributed by atoms with van der Waals surface area (Å²) in [7, 11) is 0. The number of ether oxygens (including phenoxy) is 1. The van der Waals surface area contributed by atoms with E-state index in [2.05, 4.69) is 6.07 Å².